The second-order valence-corrected chi connectivity index (χ2v) is 7.38. The Bertz CT molecular complexity index is 506. The minimum absolute atomic E-state index is 0.0520. The third kappa shape index (κ3) is 1.63. The number of aromatic nitrogens is 2. The molecule has 19 heavy (non-hydrogen) atoms. The molecular formula is C16H25N3. The van der Waals surface area contributed by atoms with Gasteiger partial charge >= 0.3 is 0 Å². The Hall–Kier alpha value is -0.830. The van der Waals surface area contributed by atoms with Crippen LogP contribution in [0.4, 0.5) is 0 Å². The summed E-state index contributed by atoms with van der Waals surface area (Å²) in [7, 11) is 2.05. The highest BCUT2D eigenvalue weighted by atomic mass is 15.3. The summed E-state index contributed by atoms with van der Waals surface area (Å²) in [5.41, 5.74) is 9.36. The van der Waals surface area contributed by atoms with Crippen LogP contribution in [0.1, 0.15) is 43.5 Å². The van der Waals surface area contributed by atoms with Crippen LogP contribution in [0, 0.1) is 30.6 Å². The maximum Gasteiger partial charge on any atom is 0.0596 e. The molecule has 0 saturated heterocycles. The third-order valence-electron chi connectivity index (χ3n) is 6.29. The highest BCUT2D eigenvalue weighted by Crippen LogP contribution is 2.62. The fourth-order valence-electron chi connectivity index (χ4n) is 5.68. The van der Waals surface area contributed by atoms with Gasteiger partial charge in [-0.15, -0.1) is 0 Å². The minimum Gasteiger partial charge on any atom is -0.324 e. The van der Waals surface area contributed by atoms with Crippen LogP contribution in [0.3, 0.4) is 0 Å². The molecule has 0 aromatic carbocycles. The quantitative estimate of drug-likeness (QED) is 0.886. The van der Waals surface area contributed by atoms with Gasteiger partial charge in [0, 0.05) is 24.7 Å². The van der Waals surface area contributed by atoms with E-state index in [1.54, 1.807) is 0 Å². The number of hydrogen-bond acceptors (Lipinski definition) is 2. The van der Waals surface area contributed by atoms with Crippen LogP contribution in [-0.2, 0) is 13.5 Å². The van der Waals surface area contributed by atoms with E-state index in [4.69, 9.17) is 5.73 Å². The monoisotopic (exact) mass is 259 g/mol. The standard InChI is InChI=1S/C16H25N3/c1-10-6-12(19(2)18-10)9-16(17)8-11-7-15(16)14-5-3-4-13(11)14/h6,11,13-15H,3-5,7-9,17H2,1-2H3. The molecule has 5 atom stereocenters. The molecule has 0 spiro atoms. The van der Waals surface area contributed by atoms with E-state index in [9.17, 15) is 0 Å². The van der Waals surface area contributed by atoms with Gasteiger partial charge in [-0.25, -0.2) is 0 Å². The Morgan fingerprint density at radius 3 is 2.95 bits per heavy atom. The van der Waals surface area contributed by atoms with Crippen LogP contribution in [-0.4, -0.2) is 15.3 Å². The first kappa shape index (κ1) is 12.0. The van der Waals surface area contributed by atoms with Gasteiger partial charge < -0.3 is 5.73 Å². The Labute approximate surface area is 115 Å². The molecule has 2 bridgehead atoms. The number of aryl methyl sites for hydroxylation is 2. The largest absolute Gasteiger partial charge is 0.324 e. The summed E-state index contributed by atoms with van der Waals surface area (Å²) in [5.74, 6) is 3.67. The van der Waals surface area contributed by atoms with E-state index in [0.29, 0.717) is 0 Å². The maximum absolute atomic E-state index is 6.87. The van der Waals surface area contributed by atoms with E-state index in [-0.39, 0.29) is 5.54 Å². The van der Waals surface area contributed by atoms with Crippen molar-refractivity contribution in [2.75, 3.05) is 0 Å². The number of nitrogens with zero attached hydrogens (tertiary/aromatic N) is 2. The predicted molar refractivity (Wildman–Crippen MR) is 75.6 cm³/mol. The van der Waals surface area contributed by atoms with Crippen LogP contribution < -0.4 is 5.73 Å². The molecule has 0 aliphatic heterocycles. The third-order valence-corrected chi connectivity index (χ3v) is 6.29. The van der Waals surface area contributed by atoms with Crippen molar-refractivity contribution in [2.45, 2.75) is 51.0 Å². The lowest BCUT2D eigenvalue weighted by atomic mass is 9.69. The van der Waals surface area contributed by atoms with Crippen molar-refractivity contribution in [1.82, 2.24) is 9.78 Å². The highest BCUT2D eigenvalue weighted by Gasteiger charge is 2.59. The first-order chi connectivity index (χ1) is 9.07. The normalized spacial score (nSPS) is 43.9. The molecule has 1 aromatic rings. The van der Waals surface area contributed by atoms with Crippen molar-refractivity contribution in [2.24, 2.45) is 36.5 Å². The topological polar surface area (TPSA) is 43.8 Å². The molecule has 3 heteroatoms. The van der Waals surface area contributed by atoms with Crippen molar-refractivity contribution in [1.29, 1.82) is 0 Å². The molecule has 3 fully saturated rings. The van der Waals surface area contributed by atoms with Gasteiger partial charge in [-0.05, 0) is 62.3 Å². The van der Waals surface area contributed by atoms with Gasteiger partial charge in [-0.3, -0.25) is 4.68 Å². The van der Waals surface area contributed by atoms with Crippen LogP contribution in [0.5, 0.6) is 0 Å². The molecule has 4 rings (SSSR count). The average Bonchev–Trinajstić information content (AvgIpc) is 3.01. The van der Waals surface area contributed by atoms with Gasteiger partial charge in [0.25, 0.3) is 0 Å². The number of fused-ring (bicyclic) bond motifs is 5. The lowest BCUT2D eigenvalue weighted by Crippen LogP contribution is -2.51. The van der Waals surface area contributed by atoms with Gasteiger partial charge in [0.15, 0.2) is 0 Å². The first-order valence-corrected chi connectivity index (χ1v) is 7.85. The summed E-state index contributed by atoms with van der Waals surface area (Å²) in [4.78, 5) is 0. The summed E-state index contributed by atoms with van der Waals surface area (Å²) in [6.45, 7) is 2.07. The van der Waals surface area contributed by atoms with Crippen LogP contribution in [0.15, 0.2) is 6.07 Å². The molecule has 5 unspecified atom stereocenters. The molecule has 0 radical (unpaired) electrons. The Kier molecular flexibility index (Phi) is 2.42. The van der Waals surface area contributed by atoms with Crippen LogP contribution in [0.25, 0.3) is 0 Å². The van der Waals surface area contributed by atoms with E-state index in [0.717, 1.165) is 35.8 Å². The lowest BCUT2D eigenvalue weighted by molar-refractivity contribution is 0.154. The summed E-state index contributed by atoms with van der Waals surface area (Å²) in [6, 6.07) is 2.22. The summed E-state index contributed by atoms with van der Waals surface area (Å²) in [6.07, 6.45) is 8.05. The Morgan fingerprint density at radius 2 is 2.21 bits per heavy atom. The zero-order valence-corrected chi connectivity index (χ0v) is 12.1. The molecule has 3 saturated carbocycles. The van der Waals surface area contributed by atoms with E-state index in [1.165, 1.54) is 37.8 Å². The summed E-state index contributed by atoms with van der Waals surface area (Å²) in [5, 5.41) is 4.47. The number of hydrogen-bond donors (Lipinski definition) is 1. The first-order valence-electron chi connectivity index (χ1n) is 7.85. The van der Waals surface area contributed by atoms with Crippen molar-refractivity contribution >= 4 is 0 Å². The second kappa shape index (κ2) is 3.85. The van der Waals surface area contributed by atoms with E-state index in [2.05, 4.69) is 25.1 Å². The minimum atomic E-state index is 0.0520. The fourth-order valence-corrected chi connectivity index (χ4v) is 5.68. The smallest absolute Gasteiger partial charge is 0.0596 e. The zero-order chi connectivity index (χ0) is 13.2. The molecule has 1 aromatic heterocycles. The summed E-state index contributed by atoms with van der Waals surface area (Å²) >= 11 is 0. The maximum atomic E-state index is 6.87. The Balaban J connectivity index is 1.60. The number of rotatable bonds is 2. The zero-order valence-electron chi connectivity index (χ0n) is 12.1. The van der Waals surface area contributed by atoms with Gasteiger partial charge in [0.05, 0.1) is 5.69 Å². The van der Waals surface area contributed by atoms with Gasteiger partial charge in [-0.2, -0.15) is 5.10 Å². The number of nitrogens with two attached hydrogens (primary N) is 1. The molecule has 3 nitrogen and oxygen atoms in total. The van der Waals surface area contributed by atoms with Gasteiger partial charge in [0.2, 0.25) is 0 Å². The average molecular weight is 259 g/mol. The molecule has 1 heterocycles. The van der Waals surface area contributed by atoms with Crippen molar-refractivity contribution in [3.63, 3.8) is 0 Å². The van der Waals surface area contributed by atoms with Crippen LogP contribution >= 0.6 is 0 Å². The SMILES string of the molecule is Cc1cc(CC2(N)CC3CC2C2CCCC32)n(C)n1. The van der Waals surface area contributed by atoms with Crippen molar-refractivity contribution < 1.29 is 0 Å². The predicted octanol–water partition coefficient (Wildman–Crippen LogP) is 2.42. The van der Waals surface area contributed by atoms with Crippen LogP contribution in [0.2, 0.25) is 0 Å². The van der Waals surface area contributed by atoms with Crippen molar-refractivity contribution in [3.05, 3.63) is 17.5 Å². The van der Waals surface area contributed by atoms with Gasteiger partial charge in [-0.1, -0.05) is 6.42 Å². The highest BCUT2D eigenvalue weighted by molar-refractivity contribution is 5.19. The van der Waals surface area contributed by atoms with E-state index >= 15 is 0 Å². The second-order valence-electron chi connectivity index (χ2n) is 7.38. The molecule has 3 aliphatic rings. The van der Waals surface area contributed by atoms with Crippen molar-refractivity contribution in [3.8, 4) is 0 Å². The van der Waals surface area contributed by atoms with E-state index in [1.807, 2.05) is 4.68 Å². The summed E-state index contributed by atoms with van der Waals surface area (Å²) < 4.78 is 2.03. The molecule has 104 valence electrons. The molecular weight excluding hydrogens is 234 g/mol. The molecule has 2 N–H and O–H groups in total. The lowest BCUT2D eigenvalue weighted by Gasteiger charge is -2.40. The Morgan fingerprint density at radius 1 is 1.42 bits per heavy atom. The molecule has 3 aliphatic carbocycles. The fraction of sp³-hybridized carbons (Fsp3) is 0.812. The van der Waals surface area contributed by atoms with E-state index < -0.39 is 0 Å². The van der Waals surface area contributed by atoms with Gasteiger partial charge in [0.1, 0.15) is 0 Å². The molecule has 0 amide bonds.